The zero-order chi connectivity index (χ0) is 15.1. The van der Waals surface area contributed by atoms with E-state index in [9.17, 15) is 4.39 Å². The number of fused-ring (bicyclic) bond motifs is 1. The van der Waals surface area contributed by atoms with Crippen LogP contribution >= 0.6 is 23.2 Å². The van der Waals surface area contributed by atoms with E-state index in [1.165, 1.54) is 18.2 Å². The van der Waals surface area contributed by atoms with Gasteiger partial charge in [0, 0.05) is 11.8 Å². The van der Waals surface area contributed by atoms with Gasteiger partial charge in [0.2, 0.25) is 0 Å². The van der Waals surface area contributed by atoms with E-state index in [2.05, 4.69) is 4.98 Å². The molecule has 0 spiro atoms. The highest BCUT2D eigenvalue weighted by molar-refractivity contribution is 6.36. The summed E-state index contributed by atoms with van der Waals surface area (Å²) in [6.45, 7) is 0. The average Bonchev–Trinajstić information content (AvgIpc) is 2.77. The van der Waals surface area contributed by atoms with Gasteiger partial charge in [-0.05, 0) is 24.3 Å². The van der Waals surface area contributed by atoms with Crippen molar-refractivity contribution in [3.63, 3.8) is 0 Å². The number of rotatable bonds is 1. The van der Waals surface area contributed by atoms with Crippen LogP contribution in [-0.2, 0) is 0 Å². The summed E-state index contributed by atoms with van der Waals surface area (Å²) < 4.78 is 14.9. The van der Waals surface area contributed by atoms with Crippen LogP contribution < -0.4 is 5.73 Å². The number of hydrogen-bond acceptors (Lipinski definition) is 3. The van der Waals surface area contributed by atoms with Crippen molar-refractivity contribution < 1.29 is 4.39 Å². The van der Waals surface area contributed by atoms with E-state index >= 15 is 0 Å². The molecule has 3 aromatic rings. The Morgan fingerprint density at radius 3 is 2.76 bits per heavy atom. The molecule has 1 aromatic carbocycles. The second-order valence-electron chi connectivity index (χ2n) is 4.35. The summed E-state index contributed by atoms with van der Waals surface area (Å²) in [5, 5.41) is 9.66. The number of pyridine rings is 1. The molecular weight excluding hydrogens is 314 g/mol. The Balaban J connectivity index is 2.29. The fourth-order valence-corrected chi connectivity index (χ4v) is 2.57. The molecule has 0 fully saturated rings. The second kappa shape index (κ2) is 4.92. The summed E-state index contributed by atoms with van der Waals surface area (Å²) >= 11 is 12.0. The first-order valence-electron chi connectivity index (χ1n) is 5.84. The van der Waals surface area contributed by atoms with Crippen molar-refractivity contribution in [3.8, 4) is 17.3 Å². The summed E-state index contributed by atoms with van der Waals surface area (Å²) in [7, 11) is 0. The molecule has 21 heavy (non-hydrogen) atoms. The number of nitrogen functional groups attached to an aromatic ring is 1. The van der Waals surface area contributed by atoms with Gasteiger partial charge in [-0.25, -0.2) is 9.37 Å². The topological polar surface area (TPSA) is 67.1 Å². The molecule has 2 N–H and O–H groups in total. The van der Waals surface area contributed by atoms with Crippen LogP contribution in [0.3, 0.4) is 0 Å². The maximum absolute atomic E-state index is 13.4. The molecule has 7 heteroatoms. The second-order valence-corrected chi connectivity index (χ2v) is 5.20. The van der Waals surface area contributed by atoms with Gasteiger partial charge in [0.25, 0.3) is 0 Å². The van der Waals surface area contributed by atoms with Gasteiger partial charge in [0.05, 0.1) is 15.6 Å². The molecule has 4 nitrogen and oxygen atoms in total. The van der Waals surface area contributed by atoms with E-state index in [4.69, 9.17) is 34.2 Å². The van der Waals surface area contributed by atoms with Crippen molar-refractivity contribution in [2.24, 2.45) is 0 Å². The smallest absolute Gasteiger partial charge is 0.158 e. The molecule has 104 valence electrons. The molecule has 0 radical (unpaired) electrons. The highest BCUT2D eigenvalue weighted by Gasteiger charge is 2.15. The van der Waals surface area contributed by atoms with Crippen LogP contribution in [0, 0.1) is 17.1 Å². The van der Waals surface area contributed by atoms with Gasteiger partial charge in [0.15, 0.2) is 5.65 Å². The maximum atomic E-state index is 13.4. The predicted molar refractivity (Wildman–Crippen MR) is 79.7 cm³/mol. The summed E-state index contributed by atoms with van der Waals surface area (Å²) in [4.78, 5) is 4.34. The van der Waals surface area contributed by atoms with E-state index in [0.29, 0.717) is 32.8 Å². The van der Waals surface area contributed by atoms with E-state index in [1.807, 2.05) is 0 Å². The molecule has 2 heterocycles. The Hall–Kier alpha value is -2.29. The van der Waals surface area contributed by atoms with Gasteiger partial charge in [-0.3, -0.25) is 4.40 Å². The van der Waals surface area contributed by atoms with E-state index in [1.54, 1.807) is 22.7 Å². The minimum atomic E-state index is -0.593. The molecule has 0 unspecified atom stereocenters. The van der Waals surface area contributed by atoms with Crippen molar-refractivity contribution in [1.82, 2.24) is 9.38 Å². The Morgan fingerprint density at radius 2 is 2.05 bits per heavy atom. The lowest BCUT2D eigenvalue weighted by Gasteiger charge is -2.01. The highest BCUT2D eigenvalue weighted by atomic mass is 35.5. The quantitative estimate of drug-likeness (QED) is 0.739. The van der Waals surface area contributed by atoms with Crippen molar-refractivity contribution in [2.45, 2.75) is 0 Å². The third-order valence-corrected chi connectivity index (χ3v) is 3.52. The molecule has 0 saturated heterocycles. The van der Waals surface area contributed by atoms with E-state index in [0.717, 1.165) is 0 Å². The largest absolute Gasteiger partial charge is 0.383 e. The molecule has 0 saturated carbocycles. The lowest BCUT2D eigenvalue weighted by Crippen LogP contribution is -1.95. The van der Waals surface area contributed by atoms with Gasteiger partial charge in [-0.1, -0.05) is 23.2 Å². The summed E-state index contributed by atoms with van der Waals surface area (Å²) in [5.41, 5.74) is 7.35. The number of halogens is 3. The first-order chi connectivity index (χ1) is 10.0. The SMILES string of the molecule is N#Cc1cc(-c2nc3c(Cl)cc(Cl)cn3c2N)ccc1F. The fraction of sp³-hybridized carbons (Fsp3) is 0. The fourth-order valence-electron chi connectivity index (χ4n) is 2.06. The zero-order valence-corrected chi connectivity index (χ0v) is 12.0. The molecule has 0 bridgehead atoms. The van der Waals surface area contributed by atoms with E-state index in [-0.39, 0.29) is 5.56 Å². The van der Waals surface area contributed by atoms with Gasteiger partial charge in [0.1, 0.15) is 23.4 Å². The molecule has 0 amide bonds. The normalized spacial score (nSPS) is 10.8. The summed E-state index contributed by atoms with van der Waals surface area (Å²) in [6.07, 6.45) is 1.59. The molecule has 0 atom stereocenters. The number of anilines is 1. The van der Waals surface area contributed by atoms with Gasteiger partial charge >= 0.3 is 0 Å². The number of aromatic nitrogens is 2. The number of imidazole rings is 1. The van der Waals surface area contributed by atoms with Crippen molar-refractivity contribution in [2.75, 3.05) is 5.73 Å². The van der Waals surface area contributed by atoms with Crippen molar-refractivity contribution >= 4 is 34.7 Å². The van der Waals surface area contributed by atoms with E-state index < -0.39 is 5.82 Å². The number of nitrogens with two attached hydrogens (primary N) is 1. The minimum absolute atomic E-state index is 0.0758. The van der Waals surface area contributed by atoms with Crippen LogP contribution in [0.1, 0.15) is 5.56 Å². The molecule has 0 aliphatic rings. The first-order valence-corrected chi connectivity index (χ1v) is 6.59. The zero-order valence-electron chi connectivity index (χ0n) is 10.4. The molecule has 0 aliphatic carbocycles. The lowest BCUT2D eigenvalue weighted by atomic mass is 10.1. The highest BCUT2D eigenvalue weighted by Crippen LogP contribution is 2.31. The third-order valence-electron chi connectivity index (χ3n) is 3.04. The third kappa shape index (κ3) is 2.19. The molecule has 3 rings (SSSR count). The Morgan fingerprint density at radius 1 is 1.29 bits per heavy atom. The molecule has 0 aliphatic heterocycles. The minimum Gasteiger partial charge on any atom is -0.383 e. The number of hydrogen-bond donors (Lipinski definition) is 1. The standard InChI is InChI=1S/C14H7Cl2FN4/c15-9-4-10(16)14-20-12(13(19)21(14)6-9)7-1-2-11(17)8(3-7)5-18/h1-4,6H,19H2. The van der Waals surface area contributed by atoms with Crippen LogP contribution in [-0.4, -0.2) is 9.38 Å². The number of nitriles is 1. The van der Waals surface area contributed by atoms with Gasteiger partial charge in [-0.2, -0.15) is 5.26 Å². The van der Waals surface area contributed by atoms with Gasteiger partial charge < -0.3 is 5.73 Å². The Bertz CT molecular complexity index is 911. The van der Waals surface area contributed by atoms with Gasteiger partial charge in [-0.15, -0.1) is 0 Å². The number of benzene rings is 1. The molecule has 2 aromatic heterocycles. The summed E-state index contributed by atoms with van der Waals surface area (Å²) in [5.74, 6) is -0.283. The molecular formula is C14H7Cl2FN4. The predicted octanol–water partition coefficient (Wildman–Crippen LogP) is 3.90. The first kappa shape index (κ1) is 13.7. The Kier molecular flexibility index (Phi) is 3.20. The summed E-state index contributed by atoms with van der Waals surface area (Å²) in [6, 6.07) is 7.43. The van der Waals surface area contributed by atoms with Crippen molar-refractivity contribution in [3.05, 3.63) is 51.9 Å². The van der Waals surface area contributed by atoms with Crippen molar-refractivity contribution in [1.29, 1.82) is 5.26 Å². The average molecular weight is 321 g/mol. The van der Waals surface area contributed by atoms with Crippen LogP contribution in [0.4, 0.5) is 10.2 Å². The maximum Gasteiger partial charge on any atom is 0.158 e. The van der Waals surface area contributed by atoms with Crippen LogP contribution in [0.25, 0.3) is 16.9 Å². The monoisotopic (exact) mass is 320 g/mol. The van der Waals surface area contributed by atoms with Crippen LogP contribution in [0.2, 0.25) is 10.0 Å². The van der Waals surface area contributed by atoms with Crippen LogP contribution in [0.15, 0.2) is 30.5 Å². The lowest BCUT2D eigenvalue weighted by molar-refractivity contribution is 0.624. The number of nitrogens with zero attached hydrogens (tertiary/aromatic N) is 3. The van der Waals surface area contributed by atoms with Crippen LogP contribution in [0.5, 0.6) is 0 Å². The Labute approximate surface area is 129 Å².